The molecule has 1 atom stereocenters. The number of amides is 1. The van der Waals surface area contributed by atoms with Gasteiger partial charge in [0.15, 0.2) is 5.82 Å². The third-order valence-electron chi connectivity index (χ3n) is 6.23. The summed E-state index contributed by atoms with van der Waals surface area (Å²) in [5, 5.41) is 4.20. The van der Waals surface area contributed by atoms with Crippen LogP contribution in [0.2, 0.25) is 0 Å². The van der Waals surface area contributed by atoms with Gasteiger partial charge in [-0.25, -0.2) is 0 Å². The van der Waals surface area contributed by atoms with E-state index in [0.29, 0.717) is 24.3 Å². The molecular weight excluding hydrogens is 332 g/mol. The molecule has 0 unspecified atom stereocenters. The number of rotatable bonds is 6. The van der Waals surface area contributed by atoms with E-state index < -0.39 is 0 Å². The molecule has 0 spiro atoms. The van der Waals surface area contributed by atoms with E-state index in [-0.39, 0.29) is 11.8 Å². The predicted molar refractivity (Wildman–Crippen MR) is 95.8 cm³/mol. The zero-order valence-electron chi connectivity index (χ0n) is 15.8. The molecule has 7 nitrogen and oxygen atoms in total. The molecule has 3 fully saturated rings. The molecule has 0 bridgehead atoms. The number of morpholine rings is 1. The van der Waals surface area contributed by atoms with Crippen molar-refractivity contribution in [3.63, 3.8) is 0 Å². The van der Waals surface area contributed by atoms with E-state index in [1.165, 1.54) is 25.7 Å². The van der Waals surface area contributed by atoms with Gasteiger partial charge >= 0.3 is 0 Å². The lowest BCUT2D eigenvalue weighted by Crippen LogP contribution is -2.41. The van der Waals surface area contributed by atoms with Crippen LogP contribution in [0, 0.1) is 5.41 Å². The maximum Gasteiger partial charge on any atom is 0.232 e. The maximum atomic E-state index is 12.4. The smallest absolute Gasteiger partial charge is 0.232 e. The number of hydrogen-bond acceptors (Lipinski definition) is 6. The minimum atomic E-state index is 0.0461. The molecule has 3 aliphatic rings. The topological polar surface area (TPSA) is 71.7 Å². The van der Waals surface area contributed by atoms with Crippen LogP contribution in [0.3, 0.4) is 0 Å². The van der Waals surface area contributed by atoms with Crippen molar-refractivity contribution in [1.82, 2.24) is 19.9 Å². The first kappa shape index (κ1) is 17.9. The van der Waals surface area contributed by atoms with Crippen molar-refractivity contribution in [3.8, 4) is 0 Å². The average Bonchev–Trinajstić information content (AvgIpc) is 3.35. The fourth-order valence-electron chi connectivity index (χ4n) is 4.53. The zero-order chi connectivity index (χ0) is 18.0. The summed E-state index contributed by atoms with van der Waals surface area (Å²) < 4.78 is 10.9. The lowest BCUT2D eigenvalue weighted by molar-refractivity contribution is -0.128. The van der Waals surface area contributed by atoms with E-state index in [1.54, 1.807) is 0 Å². The summed E-state index contributed by atoms with van der Waals surface area (Å²) in [6, 6.07) is 0. The third kappa shape index (κ3) is 4.09. The Bertz CT molecular complexity index is 620. The number of carbonyl (C=O) groups excluding carboxylic acids is 1. The molecule has 2 aliphatic heterocycles. The Morgan fingerprint density at radius 3 is 2.73 bits per heavy atom. The summed E-state index contributed by atoms with van der Waals surface area (Å²) in [4.78, 5) is 21.3. The highest BCUT2D eigenvalue weighted by Crippen LogP contribution is 2.40. The van der Waals surface area contributed by atoms with Crippen molar-refractivity contribution in [1.29, 1.82) is 0 Å². The Balaban J connectivity index is 1.30. The summed E-state index contributed by atoms with van der Waals surface area (Å²) in [6.07, 6.45) is 6.47. The fraction of sp³-hybridized carbons (Fsp3) is 0.842. The van der Waals surface area contributed by atoms with Gasteiger partial charge < -0.3 is 14.2 Å². The van der Waals surface area contributed by atoms with Crippen molar-refractivity contribution < 1.29 is 14.1 Å². The van der Waals surface area contributed by atoms with Gasteiger partial charge in [-0.05, 0) is 18.3 Å². The largest absolute Gasteiger partial charge is 0.379 e. The monoisotopic (exact) mass is 362 g/mol. The number of carbonyl (C=O) groups is 1. The van der Waals surface area contributed by atoms with E-state index in [2.05, 4.69) is 22.0 Å². The van der Waals surface area contributed by atoms with Gasteiger partial charge in [0.25, 0.3) is 0 Å². The van der Waals surface area contributed by atoms with Crippen molar-refractivity contribution in [2.75, 3.05) is 45.9 Å². The van der Waals surface area contributed by atoms with Gasteiger partial charge in [0.1, 0.15) is 0 Å². The molecule has 2 saturated heterocycles. The number of nitrogens with zero attached hydrogens (tertiary/aromatic N) is 4. The van der Waals surface area contributed by atoms with Crippen LogP contribution >= 0.6 is 0 Å². The SMILES string of the molecule is CC1(Cc2noc([C@H]3CC(=O)N(CCN4CCOCC4)C3)n2)CCCC1. The molecule has 7 heteroatoms. The van der Waals surface area contributed by atoms with Crippen LogP contribution in [-0.2, 0) is 16.0 Å². The van der Waals surface area contributed by atoms with Gasteiger partial charge in [-0.3, -0.25) is 9.69 Å². The molecule has 1 saturated carbocycles. The standard InChI is InChI=1S/C19H30N4O3/c1-19(4-2-3-5-19)13-16-20-18(26-21-16)15-12-17(24)23(14-15)7-6-22-8-10-25-11-9-22/h15H,2-14H2,1H3/t15-/m0/s1. The van der Waals surface area contributed by atoms with Crippen molar-refractivity contribution >= 4 is 5.91 Å². The van der Waals surface area contributed by atoms with Crippen LogP contribution in [0.15, 0.2) is 4.52 Å². The molecule has 1 aromatic rings. The van der Waals surface area contributed by atoms with Gasteiger partial charge in [0.05, 0.1) is 19.1 Å². The van der Waals surface area contributed by atoms with E-state index in [4.69, 9.17) is 9.26 Å². The summed E-state index contributed by atoms with van der Waals surface area (Å²) in [7, 11) is 0. The quantitative estimate of drug-likeness (QED) is 0.769. The Morgan fingerprint density at radius 2 is 1.96 bits per heavy atom. The van der Waals surface area contributed by atoms with Gasteiger partial charge in [0, 0.05) is 45.6 Å². The highest BCUT2D eigenvalue weighted by Gasteiger charge is 2.35. The maximum absolute atomic E-state index is 12.4. The van der Waals surface area contributed by atoms with Gasteiger partial charge in [0.2, 0.25) is 11.8 Å². The summed E-state index contributed by atoms with van der Waals surface area (Å²) in [5.41, 5.74) is 0.316. The van der Waals surface area contributed by atoms with Crippen LogP contribution in [0.1, 0.15) is 56.7 Å². The molecule has 3 heterocycles. The number of likely N-dealkylation sites (tertiary alicyclic amines) is 1. The molecule has 0 radical (unpaired) electrons. The number of ether oxygens (including phenoxy) is 1. The second-order valence-corrected chi connectivity index (χ2v) is 8.44. The second kappa shape index (κ2) is 7.64. The van der Waals surface area contributed by atoms with E-state index >= 15 is 0 Å². The second-order valence-electron chi connectivity index (χ2n) is 8.44. The molecule has 0 N–H and O–H groups in total. The van der Waals surface area contributed by atoms with Crippen molar-refractivity contribution in [3.05, 3.63) is 11.7 Å². The third-order valence-corrected chi connectivity index (χ3v) is 6.23. The minimum absolute atomic E-state index is 0.0461. The predicted octanol–water partition coefficient (Wildman–Crippen LogP) is 1.84. The number of hydrogen-bond donors (Lipinski definition) is 0. The van der Waals surface area contributed by atoms with Crippen LogP contribution < -0.4 is 0 Å². The van der Waals surface area contributed by atoms with Gasteiger partial charge in [-0.15, -0.1) is 0 Å². The van der Waals surface area contributed by atoms with Crippen LogP contribution in [0.5, 0.6) is 0 Å². The molecule has 4 rings (SSSR count). The van der Waals surface area contributed by atoms with Gasteiger partial charge in [-0.1, -0.05) is 24.9 Å². The van der Waals surface area contributed by atoms with Crippen LogP contribution in [-0.4, -0.2) is 71.8 Å². The molecule has 1 amide bonds. The first-order chi connectivity index (χ1) is 12.6. The molecule has 0 aromatic carbocycles. The Morgan fingerprint density at radius 1 is 1.19 bits per heavy atom. The van der Waals surface area contributed by atoms with E-state index in [9.17, 15) is 4.79 Å². The van der Waals surface area contributed by atoms with Crippen LogP contribution in [0.25, 0.3) is 0 Å². The molecular formula is C19H30N4O3. The molecule has 144 valence electrons. The Labute approximate surface area is 155 Å². The summed E-state index contributed by atoms with van der Waals surface area (Å²) in [6.45, 7) is 8.20. The first-order valence-corrected chi connectivity index (χ1v) is 10.0. The van der Waals surface area contributed by atoms with Crippen LogP contribution in [0.4, 0.5) is 0 Å². The molecule has 1 aromatic heterocycles. The summed E-state index contributed by atoms with van der Waals surface area (Å²) in [5.74, 6) is 1.70. The van der Waals surface area contributed by atoms with E-state index in [0.717, 1.165) is 51.6 Å². The lowest BCUT2D eigenvalue weighted by atomic mass is 9.85. The molecule has 1 aliphatic carbocycles. The fourth-order valence-corrected chi connectivity index (χ4v) is 4.53. The first-order valence-electron chi connectivity index (χ1n) is 10.0. The van der Waals surface area contributed by atoms with Crippen molar-refractivity contribution in [2.45, 2.75) is 51.4 Å². The Hall–Kier alpha value is -1.47. The van der Waals surface area contributed by atoms with Gasteiger partial charge in [-0.2, -0.15) is 4.98 Å². The normalized spacial score (nSPS) is 26.7. The highest BCUT2D eigenvalue weighted by molar-refractivity contribution is 5.79. The Kier molecular flexibility index (Phi) is 5.27. The molecule has 26 heavy (non-hydrogen) atoms. The lowest BCUT2D eigenvalue weighted by Gasteiger charge is -2.28. The van der Waals surface area contributed by atoms with Crippen molar-refractivity contribution in [2.24, 2.45) is 5.41 Å². The van der Waals surface area contributed by atoms with E-state index in [1.807, 2.05) is 4.90 Å². The average molecular weight is 362 g/mol. The zero-order valence-corrected chi connectivity index (χ0v) is 15.8. The number of aromatic nitrogens is 2. The summed E-state index contributed by atoms with van der Waals surface area (Å²) >= 11 is 0. The minimum Gasteiger partial charge on any atom is -0.379 e. The highest BCUT2D eigenvalue weighted by atomic mass is 16.5.